The summed E-state index contributed by atoms with van der Waals surface area (Å²) in [6, 6.07) is 5.02. The summed E-state index contributed by atoms with van der Waals surface area (Å²) in [5.74, 6) is 0.402. The third kappa shape index (κ3) is 2.19. The molecule has 0 amide bonds. The fraction of sp³-hybridized carbons (Fsp3) is 0. The number of carbonyl (C=O) groups excluding carboxylic acids is 1. The van der Waals surface area contributed by atoms with Crippen LogP contribution in [-0.4, -0.2) is 5.52 Å². The van der Waals surface area contributed by atoms with Crippen LogP contribution in [0.5, 0.6) is 5.75 Å². The molecule has 2 N–H and O–H groups in total. The molecule has 13 heavy (non-hydrogen) atoms. The monoisotopic (exact) mass is 323 g/mol. The molecule has 0 fully saturated rings. The van der Waals surface area contributed by atoms with E-state index in [0.29, 0.717) is 17.0 Å². The zero-order chi connectivity index (χ0) is 8.55. The van der Waals surface area contributed by atoms with E-state index in [2.05, 4.69) is 4.67 Å². The predicted molar refractivity (Wildman–Crippen MR) is 45.2 cm³/mol. The Morgan fingerprint density at radius 2 is 2.15 bits per heavy atom. The molecule has 1 aromatic carbocycles. The Hall–Kier alpha value is 0.257. The molecule has 1 heterocycles. The normalized spacial score (nSPS) is 15.8. The Morgan fingerprint density at radius 3 is 2.85 bits per heavy atom. The summed E-state index contributed by atoms with van der Waals surface area (Å²) in [4.78, 5) is 16.0. The van der Waals surface area contributed by atoms with E-state index in [9.17, 15) is 4.79 Å². The fourth-order valence-corrected chi connectivity index (χ4v) is 1.59. The second-order valence-electron chi connectivity index (χ2n) is 2.32. The van der Waals surface area contributed by atoms with Crippen molar-refractivity contribution in [3.05, 3.63) is 23.8 Å². The van der Waals surface area contributed by atoms with Crippen molar-refractivity contribution in [2.24, 2.45) is 0 Å². The number of nitrogen functional groups attached to an aromatic ring is 1. The molecule has 0 radical (unpaired) electrons. The van der Waals surface area contributed by atoms with Crippen molar-refractivity contribution in [2.45, 2.75) is 0 Å². The maximum absolute atomic E-state index is 11.2. The van der Waals surface area contributed by atoms with Gasteiger partial charge >= 0.3 is 0 Å². The molecular formula is C7H6CeNO3P. The van der Waals surface area contributed by atoms with Crippen LogP contribution in [0.2, 0.25) is 0 Å². The van der Waals surface area contributed by atoms with Crippen molar-refractivity contribution in [3.63, 3.8) is 0 Å². The quantitative estimate of drug-likeness (QED) is 0.444. The van der Waals surface area contributed by atoms with Crippen molar-refractivity contribution in [3.8, 4) is 5.75 Å². The van der Waals surface area contributed by atoms with E-state index in [1.165, 1.54) is 0 Å². The molecule has 0 aromatic heterocycles. The number of anilines is 1. The molecule has 1 atom stereocenters. The summed E-state index contributed by atoms with van der Waals surface area (Å²) in [6.07, 6.45) is 0. The van der Waals surface area contributed by atoms with E-state index in [1.54, 1.807) is 18.2 Å². The van der Waals surface area contributed by atoms with Crippen LogP contribution in [0, 0.1) is 41.7 Å². The molecule has 1 aliphatic rings. The first kappa shape index (κ1) is 11.3. The summed E-state index contributed by atoms with van der Waals surface area (Å²) < 4.78 is 4.59. The zero-order valence-electron chi connectivity index (χ0n) is 6.53. The summed E-state index contributed by atoms with van der Waals surface area (Å²) in [5, 5.41) is 0. The number of hydrogen-bond acceptors (Lipinski definition) is 4. The van der Waals surface area contributed by atoms with Crippen LogP contribution in [0.15, 0.2) is 18.2 Å². The second-order valence-corrected chi connectivity index (χ2v) is 3.14. The minimum atomic E-state index is -0.302. The van der Waals surface area contributed by atoms with Gasteiger partial charge in [0.25, 0.3) is 0 Å². The molecule has 0 saturated carbocycles. The molecule has 1 aliphatic heterocycles. The van der Waals surface area contributed by atoms with Crippen LogP contribution in [0.25, 0.3) is 0 Å². The summed E-state index contributed by atoms with van der Waals surface area (Å²) in [7, 11) is -0.302. The number of benzene rings is 1. The smallest absolute Gasteiger partial charge is 0.218 e. The van der Waals surface area contributed by atoms with E-state index < -0.39 is 0 Å². The van der Waals surface area contributed by atoms with Gasteiger partial charge in [-0.1, -0.05) is 6.07 Å². The van der Waals surface area contributed by atoms with Gasteiger partial charge in [0.05, 0.1) is 5.56 Å². The van der Waals surface area contributed by atoms with Crippen LogP contribution in [-0.2, 0) is 4.67 Å². The van der Waals surface area contributed by atoms with Gasteiger partial charge in [-0.2, -0.15) is 4.67 Å². The van der Waals surface area contributed by atoms with Gasteiger partial charge in [0, 0.05) is 47.4 Å². The third-order valence-electron chi connectivity index (χ3n) is 1.55. The van der Waals surface area contributed by atoms with Crippen molar-refractivity contribution >= 4 is 20.0 Å². The van der Waals surface area contributed by atoms with Gasteiger partial charge in [-0.05, 0) is 12.1 Å². The Morgan fingerprint density at radius 1 is 1.38 bits per heavy atom. The Labute approximate surface area is 110 Å². The molecular weight excluding hydrogens is 317 g/mol. The van der Waals surface area contributed by atoms with Crippen molar-refractivity contribution in [1.82, 2.24) is 0 Å². The molecule has 1 aromatic rings. The minimum Gasteiger partial charge on any atom is -0.398 e. The van der Waals surface area contributed by atoms with E-state index in [4.69, 9.17) is 10.6 Å². The average molecular weight is 323 g/mol. The van der Waals surface area contributed by atoms with E-state index >= 15 is 0 Å². The Bertz CT molecular complexity index is 345. The maximum atomic E-state index is 11.2. The Balaban J connectivity index is 0.000000845. The number of fused-ring (bicyclic) bond motifs is 1. The zero-order valence-corrected chi connectivity index (χ0v) is 10.7. The van der Waals surface area contributed by atoms with Crippen LogP contribution >= 0.6 is 8.81 Å². The molecule has 0 aliphatic carbocycles. The summed E-state index contributed by atoms with van der Waals surface area (Å²) >= 11 is 0. The van der Waals surface area contributed by atoms with Crippen molar-refractivity contribution < 1.29 is 56.1 Å². The Kier molecular flexibility index (Phi) is 4.06. The molecule has 0 saturated heterocycles. The topological polar surface area (TPSA) is 61.6 Å². The number of rotatable bonds is 0. The van der Waals surface area contributed by atoms with Crippen LogP contribution in [0.3, 0.4) is 0 Å². The number of carbonyl (C=O) groups is 1. The summed E-state index contributed by atoms with van der Waals surface area (Å²) in [6.45, 7) is 0. The first-order valence-electron chi connectivity index (χ1n) is 3.31. The second kappa shape index (κ2) is 4.66. The minimum absolute atomic E-state index is 0. The van der Waals surface area contributed by atoms with Crippen molar-refractivity contribution in [1.29, 1.82) is 0 Å². The van der Waals surface area contributed by atoms with Crippen LogP contribution in [0.4, 0.5) is 5.69 Å². The fourth-order valence-electron chi connectivity index (χ4n) is 1.02. The van der Waals surface area contributed by atoms with Gasteiger partial charge < -0.3 is 10.6 Å². The molecule has 2 rings (SSSR count). The third-order valence-corrected chi connectivity index (χ3v) is 2.15. The van der Waals surface area contributed by atoms with Crippen molar-refractivity contribution in [2.75, 3.05) is 5.73 Å². The summed E-state index contributed by atoms with van der Waals surface area (Å²) in [5.41, 5.74) is 6.33. The molecule has 0 bridgehead atoms. The van der Waals surface area contributed by atoms with Gasteiger partial charge in [-0.25, -0.2) is 0 Å². The average Bonchev–Trinajstić information content (AvgIpc) is 2.04. The number of hydrogen-bond donors (Lipinski definition) is 1. The van der Waals surface area contributed by atoms with Gasteiger partial charge in [0.1, 0.15) is 8.81 Å². The predicted octanol–water partition coefficient (Wildman–Crippen LogP) is 1.33. The SMILES string of the molecule is Nc1cccc2c1C(=O)POO2.[Ce]. The van der Waals surface area contributed by atoms with Gasteiger partial charge in [0.2, 0.25) is 5.52 Å². The number of nitrogens with two attached hydrogens (primary N) is 1. The first-order chi connectivity index (χ1) is 5.79. The molecule has 66 valence electrons. The molecule has 6 heteroatoms. The van der Waals surface area contributed by atoms with E-state index in [0.717, 1.165) is 0 Å². The van der Waals surface area contributed by atoms with Gasteiger partial charge in [-0.15, -0.1) is 0 Å². The maximum Gasteiger partial charge on any atom is 0.218 e. The van der Waals surface area contributed by atoms with E-state index in [-0.39, 0.29) is 56.1 Å². The largest absolute Gasteiger partial charge is 0.398 e. The van der Waals surface area contributed by atoms with Gasteiger partial charge in [-0.3, -0.25) is 4.79 Å². The van der Waals surface area contributed by atoms with Gasteiger partial charge in [0.15, 0.2) is 5.75 Å². The first-order valence-corrected chi connectivity index (χ1v) is 4.22. The molecule has 0 spiro atoms. The van der Waals surface area contributed by atoms with E-state index in [1.807, 2.05) is 0 Å². The standard InChI is InChI=1S/C7H6NO3P.Ce/c8-4-2-1-3-5-6(4)7(9)12-11-10-5;/h1-3,12H,8H2;. The van der Waals surface area contributed by atoms with Crippen LogP contribution in [0.1, 0.15) is 10.4 Å². The molecule has 4 nitrogen and oxygen atoms in total. The molecule has 1 unspecified atom stereocenters. The van der Waals surface area contributed by atoms with Crippen LogP contribution < -0.4 is 10.6 Å².